The molecule has 5 nitrogen and oxygen atoms in total. The number of halogens is 1. The number of hydrogen-bond donors (Lipinski definition) is 1. The lowest BCUT2D eigenvalue weighted by Gasteiger charge is -2.17. The Labute approximate surface area is 173 Å². The van der Waals surface area contributed by atoms with Crippen molar-refractivity contribution < 1.29 is 23.5 Å². The van der Waals surface area contributed by atoms with E-state index in [1.807, 2.05) is 0 Å². The van der Waals surface area contributed by atoms with E-state index < -0.39 is 23.8 Å². The number of hydrogen-bond acceptors (Lipinski definition) is 4. The predicted octanol–water partition coefficient (Wildman–Crippen LogP) is 4.77. The predicted molar refractivity (Wildman–Crippen MR) is 112 cm³/mol. The summed E-state index contributed by atoms with van der Waals surface area (Å²) in [4.78, 5) is 25.1. The molecule has 3 aromatic carbocycles. The Morgan fingerprint density at radius 2 is 1.60 bits per heavy atom. The fourth-order valence-electron chi connectivity index (χ4n) is 2.68. The van der Waals surface area contributed by atoms with Crippen molar-refractivity contribution in [3.8, 4) is 5.75 Å². The fourth-order valence-corrected chi connectivity index (χ4v) is 2.68. The molecule has 0 heterocycles. The Kier molecular flexibility index (Phi) is 6.95. The second kappa shape index (κ2) is 10.0. The van der Waals surface area contributed by atoms with Crippen LogP contribution in [0.3, 0.4) is 0 Å². The standard InChI is InChI=1S/C24H20FNO4/c1-29-21-14-7-17(8-15-21)9-16-22(27)30-23(18-5-3-2-4-6-18)24(28)26-20-12-10-19(25)11-13-20/h2-16,23H,1H3,(H,26,28)/b16-9+/t23-/m0/s1. The molecule has 1 amide bonds. The fraction of sp³-hybridized carbons (Fsp3) is 0.0833. The van der Waals surface area contributed by atoms with Crippen LogP contribution in [0.25, 0.3) is 6.08 Å². The number of nitrogens with one attached hydrogen (secondary N) is 1. The lowest BCUT2D eigenvalue weighted by atomic mass is 10.1. The summed E-state index contributed by atoms with van der Waals surface area (Å²) in [5, 5.41) is 2.64. The van der Waals surface area contributed by atoms with E-state index in [0.29, 0.717) is 17.0 Å². The molecule has 3 aromatic rings. The van der Waals surface area contributed by atoms with E-state index in [4.69, 9.17) is 9.47 Å². The van der Waals surface area contributed by atoms with E-state index in [0.717, 1.165) is 5.56 Å². The van der Waals surface area contributed by atoms with Gasteiger partial charge < -0.3 is 14.8 Å². The van der Waals surface area contributed by atoms with E-state index >= 15 is 0 Å². The minimum atomic E-state index is -1.16. The van der Waals surface area contributed by atoms with Gasteiger partial charge in [-0.1, -0.05) is 42.5 Å². The first-order valence-electron chi connectivity index (χ1n) is 9.19. The van der Waals surface area contributed by atoms with Gasteiger partial charge in [-0.25, -0.2) is 9.18 Å². The van der Waals surface area contributed by atoms with Crippen molar-refractivity contribution in [2.45, 2.75) is 6.10 Å². The largest absolute Gasteiger partial charge is 0.497 e. The van der Waals surface area contributed by atoms with Crippen molar-refractivity contribution in [3.63, 3.8) is 0 Å². The van der Waals surface area contributed by atoms with E-state index in [2.05, 4.69) is 5.32 Å². The molecule has 0 saturated carbocycles. The molecule has 152 valence electrons. The van der Waals surface area contributed by atoms with Crippen LogP contribution in [0.2, 0.25) is 0 Å². The third-order valence-corrected chi connectivity index (χ3v) is 4.21. The van der Waals surface area contributed by atoms with Gasteiger partial charge in [0.15, 0.2) is 0 Å². The summed E-state index contributed by atoms with van der Waals surface area (Å²) >= 11 is 0. The second-order valence-corrected chi connectivity index (χ2v) is 6.33. The molecule has 1 N–H and O–H groups in total. The summed E-state index contributed by atoms with van der Waals surface area (Å²) in [6.07, 6.45) is 1.68. The molecule has 30 heavy (non-hydrogen) atoms. The Morgan fingerprint density at radius 1 is 0.933 bits per heavy atom. The van der Waals surface area contributed by atoms with Crippen LogP contribution in [0.4, 0.5) is 10.1 Å². The molecule has 6 heteroatoms. The Hall–Kier alpha value is -3.93. The third-order valence-electron chi connectivity index (χ3n) is 4.21. The van der Waals surface area contributed by atoms with Gasteiger partial charge in [0, 0.05) is 17.3 Å². The van der Waals surface area contributed by atoms with Gasteiger partial charge in [-0.2, -0.15) is 0 Å². The summed E-state index contributed by atoms with van der Waals surface area (Å²) in [6, 6.07) is 21.1. The Balaban J connectivity index is 1.73. The molecule has 0 radical (unpaired) electrons. The second-order valence-electron chi connectivity index (χ2n) is 6.33. The number of amides is 1. The molecular formula is C24H20FNO4. The van der Waals surface area contributed by atoms with Crippen molar-refractivity contribution in [1.29, 1.82) is 0 Å². The minimum absolute atomic E-state index is 0.396. The first-order chi connectivity index (χ1) is 14.5. The highest BCUT2D eigenvalue weighted by Gasteiger charge is 2.24. The molecule has 0 spiro atoms. The van der Waals surface area contributed by atoms with E-state index in [1.165, 1.54) is 30.3 Å². The maximum absolute atomic E-state index is 13.1. The summed E-state index contributed by atoms with van der Waals surface area (Å²) < 4.78 is 23.6. The molecule has 0 bridgehead atoms. The van der Waals surface area contributed by atoms with E-state index in [-0.39, 0.29) is 0 Å². The average Bonchev–Trinajstić information content (AvgIpc) is 2.78. The summed E-state index contributed by atoms with van der Waals surface area (Å²) in [6.45, 7) is 0. The number of carbonyl (C=O) groups is 2. The van der Waals surface area contributed by atoms with Gasteiger partial charge in [0.1, 0.15) is 11.6 Å². The highest BCUT2D eigenvalue weighted by Crippen LogP contribution is 2.21. The molecule has 3 rings (SSSR count). The number of carbonyl (C=O) groups excluding carboxylic acids is 2. The molecule has 0 aliphatic heterocycles. The lowest BCUT2D eigenvalue weighted by molar-refractivity contribution is -0.149. The van der Waals surface area contributed by atoms with Gasteiger partial charge in [0.25, 0.3) is 5.91 Å². The van der Waals surface area contributed by atoms with Gasteiger partial charge in [0.2, 0.25) is 6.10 Å². The van der Waals surface area contributed by atoms with Crippen molar-refractivity contribution in [1.82, 2.24) is 0 Å². The van der Waals surface area contributed by atoms with Crippen LogP contribution < -0.4 is 10.1 Å². The van der Waals surface area contributed by atoms with Crippen LogP contribution >= 0.6 is 0 Å². The maximum atomic E-state index is 13.1. The van der Waals surface area contributed by atoms with Crippen LogP contribution in [-0.2, 0) is 14.3 Å². The van der Waals surface area contributed by atoms with Crippen molar-refractivity contribution in [2.75, 3.05) is 12.4 Å². The minimum Gasteiger partial charge on any atom is -0.497 e. The molecule has 0 aromatic heterocycles. The zero-order valence-electron chi connectivity index (χ0n) is 16.2. The van der Waals surface area contributed by atoms with Gasteiger partial charge >= 0.3 is 5.97 Å². The van der Waals surface area contributed by atoms with Gasteiger partial charge in [-0.15, -0.1) is 0 Å². The highest BCUT2D eigenvalue weighted by atomic mass is 19.1. The van der Waals surface area contributed by atoms with Crippen LogP contribution in [0.5, 0.6) is 5.75 Å². The van der Waals surface area contributed by atoms with E-state index in [9.17, 15) is 14.0 Å². The van der Waals surface area contributed by atoms with Crippen LogP contribution in [0.15, 0.2) is 84.9 Å². The molecular weight excluding hydrogens is 385 g/mol. The van der Waals surface area contributed by atoms with Crippen LogP contribution in [-0.4, -0.2) is 19.0 Å². The molecule has 0 aliphatic carbocycles. The van der Waals surface area contributed by atoms with Gasteiger partial charge in [-0.3, -0.25) is 4.79 Å². The number of anilines is 1. The topological polar surface area (TPSA) is 64.6 Å². The zero-order valence-corrected chi connectivity index (χ0v) is 16.2. The van der Waals surface area contributed by atoms with Crippen molar-refractivity contribution in [2.24, 2.45) is 0 Å². The lowest BCUT2D eigenvalue weighted by Crippen LogP contribution is -2.25. The number of esters is 1. The SMILES string of the molecule is COc1ccc(/C=C/C(=O)O[C@H](C(=O)Nc2ccc(F)cc2)c2ccccc2)cc1. The van der Waals surface area contributed by atoms with Crippen LogP contribution in [0.1, 0.15) is 17.2 Å². The molecule has 0 saturated heterocycles. The first kappa shape index (κ1) is 20.8. The number of benzene rings is 3. The number of methoxy groups -OCH3 is 1. The smallest absolute Gasteiger partial charge is 0.331 e. The number of ether oxygens (including phenoxy) is 2. The average molecular weight is 405 g/mol. The normalized spacial score (nSPS) is 11.7. The van der Waals surface area contributed by atoms with Crippen molar-refractivity contribution in [3.05, 3.63) is 102 Å². The molecule has 0 unspecified atom stereocenters. The highest BCUT2D eigenvalue weighted by molar-refractivity contribution is 5.97. The zero-order chi connectivity index (χ0) is 21.3. The maximum Gasteiger partial charge on any atom is 0.331 e. The summed E-state index contributed by atoms with van der Waals surface area (Å²) in [5.41, 5.74) is 1.69. The molecule has 0 fully saturated rings. The van der Waals surface area contributed by atoms with Gasteiger partial charge in [-0.05, 0) is 48.0 Å². The molecule has 0 aliphatic rings. The summed E-state index contributed by atoms with van der Waals surface area (Å²) in [7, 11) is 1.57. The Bertz CT molecular complexity index is 1020. The number of rotatable bonds is 7. The van der Waals surface area contributed by atoms with E-state index in [1.54, 1.807) is 67.8 Å². The third kappa shape index (κ3) is 5.78. The summed E-state index contributed by atoms with van der Waals surface area (Å²) in [5.74, 6) is -0.924. The molecule has 1 atom stereocenters. The van der Waals surface area contributed by atoms with Crippen LogP contribution in [0, 0.1) is 5.82 Å². The Morgan fingerprint density at radius 3 is 2.23 bits per heavy atom. The van der Waals surface area contributed by atoms with Gasteiger partial charge in [0.05, 0.1) is 7.11 Å². The first-order valence-corrected chi connectivity index (χ1v) is 9.19. The quantitative estimate of drug-likeness (QED) is 0.454. The van der Waals surface area contributed by atoms with Crippen molar-refractivity contribution >= 4 is 23.6 Å². The monoisotopic (exact) mass is 405 g/mol.